The molecule has 0 amide bonds. The van der Waals surface area contributed by atoms with Crippen molar-refractivity contribution < 1.29 is 32.2 Å². The molecule has 0 unspecified atom stereocenters. The molecule has 0 fully saturated rings. The van der Waals surface area contributed by atoms with Crippen molar-refractivity contribution in [1.29, 1.82) is 0 Å². The van der Waals surface area contributed by atoms with Crippen molar-refractivity contribution in [2.45, 2.75) is 17.7 Å². The smallest absolute Gasteiger partial charge is 0.465 e. The first-order valence-electron chi connectivity index (χ1n) is 9.80. The Hall–Kier alpha value is -2.65. The fourth-order valence-electron chi connectivity index (χ4n) is 2.85. The number of carbonyl (C=O) groups excluding carboxylic acids is 2. The maximum absolute atomic E-state index is 12.7. The van der Waals surface area contributed by atoms with E-state index in [2.05, 4.69) is 15.9 Å². The zero-order valence-corrected chi connectivity index (χ0v) is 20.3. The van der Waals surface area contributed by atoms with Crippen molar-refractivity contribution >= 4 is 49.0 Å². The Morgan fingerprint density at radius 1 is 0.906 bits per heavy atom. The summed E-state index contributed by atoms with van der Waals surface area (Å²) in [7, 11) is -2.14. The number of halogens is 1. The van der Waals surface area contributed by atoms with E-state index in [-0.39, 0.29) is 23.7 Å². The second-order valence-electron chi connectivity index (χ2n) is 6.79. The fraction of sp³-hybridized carbons (Fsp3) is 0.304. The molecule has 0 heterocycles. The largest absolute Gasteiger partial charge is 0.508 e. The van der Waals surface area contributed by atoms with E-state index in [9.17, 15) is 18.0 Å². The number of hydrogen-bond acceptors (Lipinski definition) is 7. The van der Waals surface area contributed by atoms with E-state index < -0.39 is 22.0 Å². The zero-order chi connectivity index (χ0) is 23.6. The molecule has 0 spiro atoms. The molecule has 0 aliphatic heterocycles. The molecule has 2 rings (SSSR count). The van der Waals surface area contributed by atoms with Crippen molar-refractivity contribution in [3.63, 3.8) is 0 Å². The molecule has 172 valence electrons. The van der Waals surface area contributed by atoms with E-state index >= 15 is 0 Å². The summed E-state index contributed by atoms with van der Waals surface area (Å²) in [5, 5.41) is 0.807. The number of rotatable bonds is 10. The Bertz CT molecular complexity index is 1050. The number of carbonyl (C=O) groups is 2. The summed E-state index contributed by atoms with van der Waals surface area (Å²) in [5.41, 5.74) is 1.64. The summed E-state index contributed by atoms with van der Waals surface area (Å²) in [5.74, 6) is -0.618. The van der Waals surface area contributed by atoms with E-state index in [0.717, 1.165) is 18.0 Å². The number of alkyl halides is 1. The lowest BCUT2D eigenvalue weighted by molar-refractivity contribution is -0.133. The van der Waals surface area contributed by atoms with Crippen molar-refractivity contribution in [3.05, 3.63) is 65.7 Å². The van der Waals surface area contributed by atoms with Gasteiger partial charge in [0, 0.05) is 17.2 Å². The first-order valence-corrected chi connectivity index (χ1v) is 12.8. The van der Waals surface area contributed by atoms with E-state index in [1.165, 1.54) is 19.2 Å². The van der Waals surface area contributed by atoms with Gasteiger partial charge in [-0.25, -0.2) is 18.0 Å². The van der Waals surface area contributed by atoms with Crippen LogP contribution in [0.3, 0.4) is 0 Å². The lowest BCUT2D eigenvalue weighted by Crippen LogP contribution is -2.14. The van der Waals surface area contributed by atoms with E-state index in [0.29, 0.717) is 23.1 Å². The van der Waals surface area contributed by atoms with Gasteiger partial charge in [0.1, 0.15) is 6.61 Å². The highest BCUT2D eigenvalue weighted by Crippen LogP contribution is 2.29. The first-order chi connectivity index (χ1) is 15.3. The monoisotopic (exact) mass is 524 g/mol. The summed E-state index contributed by atoms with van der Waals surface area (Å²) in [6.45, 7) is -0.0517. The molecule has 0 atom stereocenters. The van der Waals surface area contributed by atoms with Crippen LogP contribution in [0.2, 0.25) is 0 Å². The molecule has 32 heavy (non-hydrogen) atoms. The number of hydrogen-bond donors (Lipinski definition) is 0. The van der Waals surface area contributed by atoms with Crippen LogP contribution in [0, 0.1) is 0 Å². The number of sulfone groups is 1. The molecular formula is C23H25BrO7S. The van der Waals surface area contributed by atoms with Gasteiger partial charge in [0.2, 0.25) is 0 Å². The highest BCUT2D eigenvalue weighted by atomic mass is 79.9. The predicted octanol–water partition coefficient (Wildman–Crippen LogP) is 4.50. The minimum atomic E-state index is -3.40. The Morgan fingerprint density at radius 3 is 2.12 bits per heavy atom. The highest BCUT2D eigenvalue weighted by molar-refractivity contribution is 9.09. The average Bonchev–Trinajstić information content (AvgIpc) is 2.79. The molecule has 0 aromatic heterocycles. The Balaban J connectivity index is 2.44. The summed E-state index contributed by atoms with van der Waals surface area (Å²) >= 11 is 3.31. The molecule has 0 saturated heterocycles. The third kappa shape index (κ3) is 7.49. The van der Waals surface area contributed by atoms with Gasteiger partial charge < -0.3 is 14.2 Å². The third-order valence-electron chi connectivity index (χ3n) is 4.47. The Labute approximate surface area is 196 Å². The fourth-order valence-corrected chi connectivity index (χ4v) is 3.88. The molecule has 0 radical (unpaired) electrons. The predicted molar refractivity (Wildman–Crippen MR) is 125 cm³/mol. The molecule has 2 aromatic rings. The molecule has 0 saturated carbocycles. The van der Waals surface area contributed by atoms with Crippen molar-refractivity contribution in [2.24, 2.45) is 0 Å². The van der Waals surface area contributed by atoms with Gasteiger partial charge >= 0.3 is 12.1 Å². The van der Waals surface area contributed by atoms with Gasteiger partial charge in [0.05, 0.1) is 24.2 Å². The van der Waals surface area contributed by atoms with Crippen LogP contribution in [-0.4, -0.2) is 52.5 Å². The molecule has 9 heteroatoms. The summed E-state index contributed by atoms with van der Waals surface area (Å²) in [6.07, 6.45) is 1.79. The summed E-state index contributed by atoms with van der Waals surface area (Å²) < 4.78 is 38.9. The van der Waals surface area contributed by atoms with Crippen LogP contribution >= 0.6 is 15.9 Å². The van der Waals surface area contributed by atoms with Gasteiger partial charge in [-0.15, -0.1) is 0 Å². The molecule has 0 aliphatic carbocycles. The number of benzene rings is 2. The van der Waals surface area contributed by atoms with Gasteiger partial charge in [-0.2, -0.15) is 0 Å². The maximum Gasteiger partial charge on any atom is 0.508 e. The van der Waals surface area contributed by atoms with Crippen LogP contribution in [0.25, 0.3) is 11.1 Å². The van der Waals surface area contributed by atoms with Crippen LogP contribution < -0.4 is 0 Å². The van der Waals surface area contributed by atoms with Gasteiger partial charge in [-0.1, -0.05) is 58.4 Å². The van der Waals surface area contributed by atoms with Crippen molar-refractivity contribution in [1.82, 2.24) is 0 Å². The lowest BCUT2D eigenvalue weighted by atomic mass is 9.95. The third-order valence-corrected chi connectivity index (χ3v) is 6.16. The quantitative estimate of drug-likeness (QED) is 0.148. The number of methoxy groups -OCH3 is 1. The average molecular weight is 525 g/mol. The zero-order valence-electron chi connectivity index (χ0n) is 17.9. The van der Waals surface area contributed by atoms with Gasteiger partial charge in [-0.05, 0) is 36.1 Å². The van der Waals surface area contributed by atoms with Crippen LogP contribution in [-0.2, 0) is 28.8 Å². The van der Waals surface area contributed by atoms with Gasteiger partial charge in [-0.3, -0.25) is 0 Å². The topological polar surface area (TPSA) is 96.0 Å². The molecule has 0 bridgehead atoms. The lowest BCUT2D eigenvalue weighted by Gasteiger charge is -2.16. The first kappa shape index (κ1) is 25.6. The SMILES string of the molecule is COC(=O)C(=C(COC(=O)OCCCCBr)c1ccc(S(C)(=O)=O)cc1)c1ccccc1. The Kier molecular flexibility index (Phi) is 9.93. The highest BCUT2D eigenvalue weighted by Gasteiger charge is 2.22. The van der Waals surface area contributed by atoms with E-state index in [1.807, 2.05) is 0 Å². The van der Waals surface area contributed by atoms with E-state index in [4.69, 9.17) is 14.2 Å². The number of unbranched alkanes of at least 4 members (excludes halogenated alkanes) is 1. The van der Waals surface area contributed by atoms with Crippen LogP contribution in [0.15, 0.2) is 59.5 Å². The molecule has 0 aliphatic rings. The van der Waals surface area contributed by atoms with Crippen LogP contribution in [0.1, 0.15) is 24.0 Å². The van der Waals surface area contributed by atoms with Crippen molar-refractivity contribution in [2.75, 3.05) is 31.9 Å². The molecule has 0 N–H and O–H groups in total. The van der Waals surface area contributed by atoms with Gasteiger partial charge in [0.15, 0.2) is 9.84 Å². The Morgan fingerprint density at radius 2 is 1.56 bits per heavy atom. The molecule has 2 aromatic carbocycles. The minimum absolute atomic E-state index is 0.132. The molecule has 7 nitrogen and oxygen atoms in total. The van der Waals surface area contributed by atoms with Crippen molar-refractivity contribution in [3.8, 4) is 0 Å². The van der Waals surface area contributed by atoms with E-state index in [1.54, 1.807) is 42.5 Å². The minimum Gasteiger partial charge on any atom is -0.465 e. The number of esters is 1. The second-order valence-corrected chi connectivity index (χ2v) is 9.60. The number of ether oxygens (including phenoxy) is 3. The normalized spacial score (nSPS) is 12.0. The van der Waals surface area contributed by atoms with Crippen LogP contribution in [0.5, 0.6) is 0 Å². The second kappa shape index (κ2) is 12.4. The van der Waals surface area contributed by atoms with Gasteiger partial charge in [0.25, 0.3) is 0 Å². The summed E-state index contributed by atoms with van der Waals surface area (Å²) in [6, 6.07) is 14.8. The summed E-state index contributed by atoms with van der Waals surface area (Å²) in [4.78, 5) is 24.9. The standard InChI is InChI=1S/C23H25BrO7S/c1-29-22(25)21(18-8-4-3-5-9-18)20(16-31-23(26)30-15-7-6-14-24)17-10-12-19(13-11-17)32(2,27)28/h3-5,8-13H,6-7,14-16H2,1-2H3. The van der Waals surface area contributed by atoms with Crippen LogP contribution in [0.4, 0.5) is 4.79 Å². The molecular weight excluding hydrogens is 500 g/mol. The maximum atomic E-state index is 12.7.